The number of ether oxygens (including phenoxy) is 1. The maximum absolute atomic E-state index is 11.7. The number of aryl methyl sites for hydroxylation is 2. The summed E-state index contributed by atoms with van der Waals surface area (Å²) in [6.07, 6.45) is 2.28. The SMILES string of the molecule is CCNC1(C(N)=O)CCC(Oc2cc(C)cc(C)c2)C1. The summed E-state index contributed by atoms with van der Waals surface area (Å²) in [6, 6.07) is 6.18. The van der Waals surface area contributed by atoms with Crippen LogP contribution in [0.25, 0.3) is 0 Å². The van der Waals surface area contributed by atoms with Crippen LogP contribution in [0.15, 0.2) is 18.2 Å². The number of hydrogen-bond acceptors (Lipinski definition) is 3. The van der Waals surface area contributed by atoms with Gasteiger partial charge in [-0.2, -0.15) is 0 Å². The summed E-state index contributed by atoms with van der Waals surface area (Å²) in [4.78, 5) is 11.7. The first-order chi connectivity index (χ1) is 9.45. The van der Waals surface area contributed by atoms with Crippen LogP contribution in [0.3, 0.4) is 0 Å². The van der Waals surface area contributed by atoms with Gasteiger partial charge in [0.25, 0.3) is 0 Å². The molecule has 2 unspecified atom stereocenters. The first kappa shape index (κ1) is 14.9. The monoisotopic (exact) mass is 276 g/mol. The molecule has 1 aliphatic rings. The number of carbonyl (C=O) groups is 1. The van der Waals surface area contributed by atoms with Crippen molar-refractivity contribution >= 4 is 5.91 Å². The van der Waals surface area contributed by atoms with E-state index in [-0.39, 0.29) is 12.0 Å². The number of likely N-dealkylation sites (N-methyl/N-ethyl adjacent to an activating group) is 1. The molecule has 0 aliphatic heterocycles. The van der Waals surface area contributed by atoms with Crippen LogP contribution in [0.4, 0.5) is 0 Å². The van der Waals surface area contributed by atoms with E-state index >= 15 is 0 Å². The highest BCUT2D eigenvalue weighted by Gasteiger charge is 2.44. The lowest BCUT2D eigenvalue weighted by Gasteiger charge is -2.26. The first-order valence-electron chi connectivity index (χ1n) is 7.25. The number of carbonyl (C=O) groups excluding carboxylic acids is 1. The summed E-state index contributed by atoms with van der Waals surface area (Å²) in [5.41, 5.74) is 7.34. The van der Waals surface area contributed by atoms with Crippen molar-refractivity contribution in [3.63, 3.8) is 0 Å². The van der Waals surface area contributed by atoms with E-state index in [2.05, 4.69) is 25.2 Å². The minimum Gasteiger partial charge on any atom is -0.490 e. The Balaban J connectivity index is 2.07. The van der Waals surface area contributed by atoms with E-state index < -0.39 is 5.54 Å². The smallest absolute Gasteiger partial charge is 0.237 e. The molecule has 1 saturated carbocycles. The summed E-state index contributed by atoms with van der Waals surface area (Å²) >= 11 is 0. The molecule has 0 spiro atoms. The van der Waals surface area contributed by atoms with Gasteiger partial charge in [-0.15, -0.1) is 0 Å². The van der Waals surface area contributed by atoms with Crippen LogP contribution in [-0.4, -0.2) is 24.1 Å². The van der Waals surface area contributed by atoms with Crippen molar-refractivity contribution in [2.75, 3.05) is 6.54 Å². The third-order valence-electron chi connectivity index (χ3n) is 3.95. The second-order valence-corrected chi connectivity index (χ2v) is 5.78. The van der Waals surface area contributed by atoms with E-state index in [1.165, 1.54) is 11.1 Å². The van der Waals surface area contributed by atoms with Gasteiger partial charge in [0.1, 0.15) is 17.4 Å². The van der Waals surface area contributed by atoms with Crippen molar-refractivity contribution in [3.8, 4) is 5.75 Å². The number of primary amides is 1. The number of rotatable bonds is 5. The Bertz CT molecular complexity index is 481. The number of nitrogens with one attached hydrogen (secondary N) is 1. The number of hydrogen-bond donors (Lipinski definition) is 2. The molecule has 0 saturated heterocycles. The highest BCUT2D eigenvalue weighted by atomic mass is 16.5. The first-order valence-corrected chi connectivity index (χ1v) is 7.25. The van der Waals surface area contributed by atoms with Crippen molar-refractivity contribution in [1.82, 2.24) is 5.32 Å². The summed E-state index contributed by atoms with van der Waals surface area (Å²) in [5.74, 6) is 0.607. The molecule has 2 rings (SSSR count). The Morgan fingerprint density at radius 1 is 1.40 bits per heavy atom. The minimum absolute atomic E-state index is 0.0442. The maximum atomic E-state index is 11.7. The quantitative estimate of drug-likeness (QED) is 0.865. The summed E-state index contributed by atoms with van der Waals surface area (Å²) in [7, 11) is 0. The van der Waals surface area contributed by atoms with Crippen molar-refractivity contribution in [2.45, 2.75) is 51.7 Å². The fourth-order valence-electron chi connectivity index (χ4n) is 3.10. The standard InChI is InChI=1S/C16H24N2O2/c1-4-18-16(15(17)19)6-5-13(10-16)20-14-8-11(2)7-12(3)9-14/h7-9,13,18H,4-6,10H2,1-3H3,(H2,17,19). The molecule has 0 bridgehead atoms. The lowest BCUT2D eigenvalue weighted by Crippen LogP contribution is -2.54. The zero-order chi connectivity index (χ0) is 14.8. The van der Waals surface area contributed by atoms with Crippen LogP contribution in [0.5, 0.6) is 5.75 Å². The van der Waals surface area contributed by atoms with Gasteiger partial charge in [-0.25, -0.2) is 0 Å². The van der Waals surface area contributed by atoms with E-state index in [0.29, 0.717) is 6.42 Å². The Labute approximate surface area is 120 Å². The fourth-order valence-corrected chi connectivity index (χ4v) is 3.10. The van der Waals surface area contributed by atoms with Gasteiger partial charge in [0.2, 0.25) is 5.91 Å². The molecule has 0 heterocycles. The van der Waals surface area contributed by atoms with Crippen LogP contribution in [0, 0.1) is 13.8 Å². The van der Waals surface area contributed by atoms with Crippen molar-refractivity contribution in [2.24, 2.45) is 5.73 Å². The predicted octanol–water partition coefficient (Wildman–Crippen LogP) is 2.07. The largest absolute Gasteiger partial charge is 0.490 e. The molecule has 1 fully saturated rings. The number of amides is 1. The number of nitrogens with two attached hydrogens (primary N) is 1. The normalized spacial score (nSPS) is 25.6. The van der Waals surface area contributed by atoms with E-state index in [0.717, 1.165) is 25.1 Å². The molecule has 0 radical (unpaired) electrons. The van der Waals surface area contributed by atoms with Gasteiger partial charge in [0, 0.05) is 6.42 Å². The summed E-state index contributed by atoms with van der Waals surface area (Å²) in [6.45, 7) is 6.84. The Hall–Kier alpha value is -1.55. The van der Waals surface area contributed by atoms with E-state index in [1.807, 2.05) is 19.1 Å². The molecule has 1 aromatic carbocycles. The van der Waals surface area contributed by atoms with E-state index in [1.54, 1.807) is 0 Å². The summed E-state index contributed by atoms with van der Waals surface area (Å²) in [5, 5.41) is 3.24. The predicted molar refractivity (Wildman–Crippen MR) is 79.8 cm³/mol. The van der Waals surface area contributed by atoms with E-state index in [9.17, 15) is 4.79 Å². The van der Waals surface area contributed by atoms with Gasteiger partial charge in [-0.05, 0) is 56.5 Å². The highest BCUT2D eigenvalue weighted by Crippen LogP contribution is 2.33. The molecular formula is C16H24N2O2. The molecule has 4 nitrogen and oxygen atoms in total. The van der Waals surface area contributed by atoms with Gasteiger partial charge in [0.15, 0.2) is 0 Å². The zero-order valence-electron chi connectivity index (χ0n) is 12.5. The van der Waals surface area contributed by atoms with E-state index in [4.69, 9.17) is 10.5 Å². The molecule has 2 atom stereocenters. The zero-order valence-corrected chi connectivity index (χ0v) is 12.5. The fraction of sp³-hybridized carbons (Fsp3) is 0.562. The molecule has 1 aromatic rings. The van der Waals surface area contributed by atoms with Crippen LogP contribution in [0.1, 0.15) is 37.3 Å². The van der Waals surface area contributed by atoms with Crippen LogP contribution in [-0.2, 0) is 4.79 Å². The lowest BCUT2D eigenvalue weighted by atomic mass is 9.96. The van der Waals surface area contributed by atoms with Gasteiger partial charge in [-0.1, -0.05) is 13.0 Å². The molecule has 3 N–H and O–H groups in total. The molecule has 1 amide bonds. The van der Waals surface area contributed by atoms with Gasteiger partial charge in [0.05, 0.1) is 0 Å². The third kappa shape index (κ3) is 3.12. The molecule has 1 aliphatic carbocycles. The van der Waals surface area contributed by atoms with Crippen LogP contribution >= 0.6 is 0 Å². The topological polar surface area (TPSA) is 64.3 Å². The minimum atomic E-state index is -0.599. The Morgan fingerprint density at radius 2 is 2.05 bits per heavy atom. The van der Waals surface area contributed by atoms with Crippen molar-refractivity contribution in [3.05, 3.63) is 29.3 Å². The van der Waals surface area contributed by atoms with Crippen molar-refractivity contribution < 1.29 is 9.53 Å². The lowest BCUT2D eigenvalue weighted by molar-refractivity contribution is -0.124. The maximum Gasteiger partial charge on any atom is 0.237 e. The average Bonchev–Trinajstić information content (AvgIpc) is 2.72. The molecule has 110 valence electrons. The van der Waals surface area contributed by atoms with Gasteiger partial charge >= 0.3 is 0 Å². The van der Waals surface area contributed by atoms with Crippen LogP contribution in [0.2, 0.25) is 0 Å². The van der Waals surface area contributed by atoms with Crippen molar-refractivity contribution in [1.29, 1.82) is 0 Å². The molecule has 4 heteroatoms. The number of benzene rings is 1. The summed E-state index contributed by atoms with van der Waals surface area (Å²) < 4.78 is 6.04. The Kier molecular flexibility index (Phi) is 4.33. The Morgan fingerprint density at radius 3 is 2.60 bits per heavy atom. The molecule has 20 heavy (non-hydrogen) atoms. The second-order valence-electron chi connectivity index (χ2n) is 5.78. The second kappa shape index (κ2) is 5.83. The van der Waals surface area contributed by atoms with Gasteiger partial charge in [-0.3, -0.25) is 4.79 Å². The highest BCUT2D eigenvalue weighted by molar-refractivity contribution is 5.85. The van der Waals surface area contributed by atoms with Gasteiger partial charge < -0.3 is 15.8 Å². The molecular weight excluding hydrogens is 252 g/mol. The molecule has 0 aromatic heterocycles. The third-order valence-corrected chi connectivity index (χ3v) is 3.95. The van der Waals surface area contributed by atoms with Crippen LogP contribution < -0.4 is 15.8 Å². The average molecular weight is 276 g/mol.